The van der Waals surface area contributed by atoms with Gasteiger partial charge in [-0.2, -0.15) is 0 Å². The van der Waals surface area contributed by atoms with Crippen LogP contribution in [-0.4, -0.2) is 29.0 Å². The lowest BCUT2D eigenvalue weighted by molar-refractivity contribution is -0.125. The van der Waals surface area contributed by atoms with E-state index in [-0.39, 0.29) is 11.8 Å². The van der Waals surface area contributed by atoms with Crippen LogP contribution in [0.4, 0.5) is 5.82 Å². The molecule has 2 aromatic rings. The number of aromatic nitrogens is 2. The maximum absolute atomic E-state index is 12.3. The van der Waals surface area contributed by atoms with Gasteiger partial charge in [-0.3, -0.25) is 9.78 Å². The molecule has 0 bridgehead atoms. The third-order valence-corrected chi connectivity index (χ3v) is 4.29. The van der Waals surface area contributed by atoms with E-state index in [2.05, 4.69) is 39.2 Å². The van der Waals surface area contributed by atoms with E-state index in [9.17, 15) is 4.79 Å². The Balaban J connectivity index is 1.48. The van der Waals surface area contributed by atoms with Gasteiger partial charge in [0.25, 0.3) is 0 Å². The fourth-order valence-electron chi connectivity index (χ4n) is 2.98. The van der Waals surface area contributed by atoms with Crippen molar-refractivity contribution in [1.82, 2.24) is 15.3 Å². The number of aryl methyl sites for hydroxylation is 1. The Morgan fingerprint density at radius 2 is 2.13 bits per heavy atom. The number of carbonyl (C=O) groups excluding carboxylic acids is 1. The molecule has 3 rings (SSSR count). The lowest BCUT2D eigenvalue weighted by Crippen LogP contribution is -2.40. The molecule has 0 unspecified atom stereocenters. The Bertz CT molecular complexity index is 651. The van der Waals surface area contributed by atoms with Crippen LogP contribution < -0.4 is 10.2 Å². The summed E-state index contributed by atoms with van der Waals surface area (Å²) in [5, 5.41) is 3.07. The number of hydrogen-bond acceptors (Lipinski definition) is 4. The van der Waals surface area contributed by atoms with Gasteiger partial charge in [0.05, 0.1) is 6.20 Å². The molecule has 0 radical (unpaired) electrons. The molecular weight excluding hydrogens is 288 g/mol. The van der Waals surface area contributed by atoms with Crippen LogP contribution in [0.1, 0.15) is 24.0 Å². The maximum Gasteiger partial charge on any atom is 0.223 e. The van der Waals surface area contributed by atoms with E-state index in [1.54, 1.807) is 18.6 Å². The summed E-state index contributed by atoms with van der Waals surface area (Å²) in [6.45, 7) is 4.36. The molecule has 1 aliphatic rings. The standard InChI is InChI=1S/C18H22N4O/c1-14-3-2-4-15(11-14)12-21-18(23)16-5-9-22(10-6-16)17-13-19-7-8-20-17/h2-4,7-8,11,13,16H,5-6,9-10,12H2,1H3,(H,21,23). The Kier molecular flexibility index (Phi) is 4.86. The Morgan fingerprint density at radius 1 is 1.30 bits per heavy atom. The second-order valence-electron chi connectivity index (χ2n) is 6.03. The van der Waals surface area contributed by atoms with Crippen molar-refractivity contribution in [2.75, 3.05) is 18.0 Å². The Hall–Kier alpha value is -2.43. The lowest BCUT2D eigenvalue weighted by Gasteiger charge is -2.31. The van der Waals surface area contributed by atoms with Gasteiger partial charge in [0.2, 0.25) is 5.91 Å². The van der Waals surface area contributed by atoms with E-state index in [4.69, 9.17) is 0 Å². The van der Waals surface area contributed by atoms with E-state index in [0.717, 1.165) is 37.3 Å². The number of amides is 1. The molecule has 23 heavy (non-hydrogen) atoms. The molecule has 1 N–H and O–H groups in total. The summed E-state index contributed by atoms with van der Waals surface area (Å²) in [5.74, 6) is 1.14. The smallest absolute Gasteiger partial charge is 0.223 e. The fourth-order valence-corrected chi connectivity index (χ4v) is 2.98. The van der Waals surface area contributed by atoms with Crippen molar-refractivity contribution in [3.63, 3.8) is 0 Å². The second kappa shape index (κ2) is 7.22. The van der Waals surface area contributed by atoms with E-state index >= 15 is 0 Å². The summed E-state index contributed by atoms with van der Waals surface area (Å²) in [7, 11) is 0. The zero-order chi connectivity index (χ0) is 16.1. The van der Waals surface area contributed by atoms with Crippen molar-refractivity contribution in [3.8, 4) is 0 Å². The number of anilines is 1. The van der Waals surface area contributed by atoms with Gasteiger partial charge in [-0.25, -0.2) is 4.98 Å². The monoisotopic (exact) mass is 310 g/mol. The van der Waals surface area contributed by atoms with Crippen LogP contribution in [0.25, 0.3) is 0 Å². The van der Waals surface area contributed by atoms with Gasteiger partial charge in [0, 0.05) is 37.9 Å². The van der Waals surface area contributed by atoms with Crippen LogP contribution in [0.5, 0.6) is 0 Å². The van der Waals surface area contributed by atoms with Crippen molar-refractivity contribution in [3.05, 3.63) is 54.0 Å². The maximum atomic E-state index is 12.3. The van der Waals surface area contributed by atoms with Crippen LogP contribution in [0.3, 0.4) is 0 Å². The first-order valence-corrected chi connectivity index (χ1v) is 8.06. The average Bonchev–Trinajstić information content (AvgIpc) is 2.61. The highest BCUT2D eigenvalue weighted by Gasteiger charge is 2.25. The fraction of sp³-hybridized carbons (Fsp3) is 0.389. The molecule has 1 aliphatic heterocycles. The molecule has 1 fully saturated rings. The molecule has 0 atom stereocenters. The molecule has 0 saturated carbocycles. The second-order valence-corrected chi connectivity index (χ2v) is 6.03. The molecule has 1 saturated heterocycles. The number of hydrogen-bond donors (Lipinski definition) is 1. The van der Waals surface area contributed by atoms with Crippen LogP contribution in [0, 0.1) is 12.8 Å². The lowest BCUT2D eigenvalue weighted by atomic mass is 9.96. The molecule has 1 aromatic carbocycles. The first-order valence-electron chi connectivity index (χ1n) is 8.06. The Labute approximate surface area is 136 Å². The SMILES string of the molecule is Cc1cccc(CNC(=O)C2CCN(c3cnccn3)CC2)c1. The van der Waals surface area contributed by atoms with Gasteiger partial charge < -0.3 is 10.2 Å². The number of piperidine rings is 1. The molecule has 1 amide bonds. The summed E-state index contributed by atoms with van der Waals surface area (Å²) >= 11 is 0. The van der Waals surface area contributed by atoms with Gasteiger partial charge in [-0.1, -0.05) is 29.8 Å². The van der Waals surface area contributed by atoms with Gasteiger partial charge in [0.1, 0.15) is 5.82 Å². The highest BCUT2D eigenvalue weighted by Crippen LogP contribution is 2.21. The summed E-state index contributed by atoms with van der Waals surface area (Å²) in [6, 6.07) is 8.24. The van der Waals surface area contributed by atoms with Gasteiger partial charge in [-0.15, -0.1) is 0 Å². The van der Waals surface area contributed by atoms with E-state index < -0.39 is 0 Å². The number of benzene rings is 1. The zero-order valence-corrected chi connectivity index (χ0v) is 13.4. The first-order chi connectivity index (χ1) is 11.2. The number of carbonyl (C=O) groups is 1. The predicted octanol–water partition coefficient (Wildman–Crippen LogP) is 2.32. The molecule has 2 heterocycles. The van der Waals surface area contributed by atoms with Crippen LogP contribution in [0.15, 0.2) is 42.9 Å². The Morgan fingerprint density at radius 3 is 2.83 bits per heavy atom. The van der Waals surface area contributed by atoms with Gasteiger partial charge in [-0.05, 0) is 25.3 Å². The molecule has 5 nitrogen and oxygen atoms in total. The van der Waals surface area contributed by atoms with Crippen LogP contribution >= 0.6 is 0 Å². The minimum atomic E-state index is 0.0905. The summed E-state index contributed by atoms with van der Waals surface area (Å²) in [5.41, 5.74) is 2.37. The topological polar surface area (TPSA) is 58.1 Å². The quantitative estimate of drug-likeness (QED) is 0.941. The van der Waals surface area contributed by atoms with Gasteiger partial charge in [0.15, 0.2) is 0 Å². The van der Waals surface area contributed by atoms with Crippen molar-refractivity contribution in [1.29, 1.82) is 0 Å². The van der Waals surface area contributed by atoms with Crippen molar-refractivity contribution in [2.45, 2.75) is 26.3 Å². The number of nitrogens with one attached hydrogen (secondary N) is 1. The van der Waals surface area contributed by atoms with Crippen LogP contribution in [0.2, 0.25) is 0 Å². The van der Waals surface area contributed by atoms with Crippen LogP contribution in [-0.2, 0) is 11.3 Å². The number of rotatable bonds is 4. The zero-order valence-electron chi connectivity index (χ0n) is 13.4. The predicted molar refractivity (Wildman–Crippen MR) is 90.0 cm³/mol. The third-order valence-electron chi connectivity index (χ3n) is 4.29. The highest BCUT2D eigenvalue weighted by molar-refractivity contribution is 5.79. The molecule has 5 heteroatoms. The minimum absolute atomic E-state index is 0.0905. The highest BCUT2D eigenvalue weighted by atomic mass is 16.1. The van der Waals surface area contributed by atoms with E-state index in [1.807, 2.05) is 12.1 Å². The van der Waals surface area contributed by atoms with Crippen molar-refractivity contribution < 1.29 is 4.79 Å². The largest absolute Gasteiger partial charge is 0.355 e. The minimum Gasteiger partial charge on any atom is -0.355 e. The first kappa shape index (κ1) is 15.5. The van der Waals surface area contributed by atoms with E-state index in [0.29, 0.717) is 6.54 Å². The summed E-state index contributed by atoms with van der Waals surface area (Å²) < 4.78 is 0. The normalized spacial score (nSPS) is 15.4. The van der Waals surface area contributed by atoms with Gasteiger partial charge >= 0.3 is 0 Å². The average molecular weight is 310 g/mol. The molecule has 0 spiro atoms. The van der Waals surface area contributed by atoms with Crippen molar-refractivity contribution >= 4 is 11.7 Å². The molecule has 1 aromatic heterocycles. The van der Waals surface area contributed by atoms with E-state index in [1.165, 1.54) is 5.56 Å². The number of nitrogens with zero attached hydrogens (tertiary/aromatic N) is 3. The molecule has 0 aliphatic carbocycles. The van der Waals surface area contributed by atoms with Crippen molar-refractivity contribution in [2.24, 2.45) is 5.92 Å². The summed E-state index contributed by atoms with van der Waals surface area (Å²) in [6.07, 6.45) is 6.87. The molecular formula is C18H22N4O. The molecule has 120 valence electrons. The summed E-state index contributed by atoms with van der Waals surface area (Å²) in [4.78, 5) is 23.0. The third kappa shape index (κ3) is 4.06.